The maximum absolute atomic E-state index is 12.2. The summed E-state index contributed by atoms with van der Waals surface area (Å²) < 4.78 is 30.8. The fourth-order valence-electron chi connectivity index (χ4n) is 2.38. The van der Waals surface area contributed by atoms with Crippen LogP contribution in [0.4, 0.5) is 0 Å². The van der Waals surface area contributed by atoms with E-state index >= 15 is 0 Å². The molecule has 0 bridgehead atoms. The third-order valence-electron chi connectivity index (χ3n) is 4.07. The van der Waals surface area contributed by atoms with E-state index in [4.69, 9.17) is 4.42 Å². The molecule has 0 saturated carbocycles. The SMILES string of the molecule is Cc1ccc(CNC(=O)c2nnc(-c3ccc(S(=O)(=O)N(C)C)cc3)o2)cc1. The number of rotatable bonds is 6. The topological polar surface area (TPSA) is 105 Å². The molecule has 3 rings (SSSR count). The molecule has 1 amide bonds. The molecule has 8 nitrogen and oxygen atoms in total. The first kappa shape index (κ1) is 19.7. The predicted octanol–water partition coefficient (Wildman–Crippen LogP) is 2.23. The molecule has 0 saturated heterocycles. The average Bonchev–Trinajstić information content (AvgIpc) is 3.17. The van der Waals surface area contributed by atoms with Crippen LogP contribution in [0.3, 0.4) is 0 Å². The van der Waals surface area contributed by atoms with E-state index in [2.05, 4.69) is 15.5 Å². The van der Waals surface area contributed by atoms with Gasteiger partial charge in [-0.3, -0.25) is 4.79 Å². The number of aryl methyl sites for hydroxylation is 1. The molecule has 3 aromatic rings. The summed E-state index contributed by atoms with van der Waals surface area (Å²) in [5, 5.41) is 10.3. The summed E-state index contributed by atoms with van der Waals surface area (Å²) in [5.41, 5.74) is 2.61. The Hall–Kier alpha value is -3.04. The standard InChI is InChI=1S/C19H20N4O4S/c1-13-4-6-14(7-5-13)12-20-17(24)19-22-21-18(27-19)15-8-10-16(11-9-15)28(25,26)23(2)3/h4-11H,12H2,1-3H3,(H,20,24). The van der Waals surface area contributed by atoms with Crippen molar-refractivity contribution in [1.29, 1.82) is 0 Å². The Bertz CT molecular complexity index is 1070. The van der Waals surface area contributed by atoms with Crippen LogP contribution in [0, 0.1) is 6.92 Å². The molecule has 28 heavy (non-hydrogen) atoms. The molecule has 1 aromatic heterocycles. The molecule has 1 N–H and O–H groups in total. The lowest BCUT2D eigenvalue weighted by atomic mass is 10.1. The molecule has 0 fully saturated rings. The van der Waals surface area contributed by atoms with Gasteiger partial charge in [0.05, 0.1) is 4.90 Å². The second-order valence-electron chi connectivity index (χ2n) is 6.39. The van der Waals surface area contributed by atoms with E-state index in [9.17, 15) is 13.2 Å². The number of hydrogen-bond acceptors (Lipinski definition) is 6. The Morgan fingerprint density at radius 2 is 1.68 bits per heavy atom. The van der Waals surface area contributed by atoms with E-state index in [0.717, 1.165) is 15.4 Å². The number of hydrogen-bond donors (Lipinski definition) is 1. The molecule has 0 radical (unpaired) electrons. The van der Waals surface area contributed by atoms with Crippen molar-refractivity contribution in [2.45, 2.75) is 18.4 Å². The highest BCUT2D eigenvalue weighted by Gasteiger charge is 2.19. The summed E-state index contributed by atoms with van der Waals surface area (Å²) in [6, 6.07) is 13.8. The van der Waals surface area contributed by atoms with Gasteiger partial charge in [0.25, 0.3) is 0 Å². The number of nitrogens with zero attached hydrogens (tertiary/aromatic N) is 3. The van der Waals surface area contributed by atoms with Crippen LogP contribution in [0.25, 0.3) is 11.5 Å². The number of benzene rings is 2. The maximum Gasteiger partial charge on any atom is 0.309 e. The Morgan fingerprint density at radius 1 is 1.04 bits per heavy atom. The van der Waals surface area contributed by atoms with Gasteiger partial charge in [-0.05, 0) is 36.8 Å². The minimum atomic E-state index is -3.52. The van der Waals surface area contributed by atoms with Crippen molar-refractivity contribution in [2.75, 3.05) is 14.1 Å². The highest BCUT2D eigenvalue weighted by molar-refractivity contribution is 7.89. The van der Waals surface area contributed by atoms with Crippen molar-refractivity contribution in [2.24, 2.45) is 0 Å². The van der Waals surface area contributed by atoms with Gasteiger partial charge < -0.3 is 9.73 Å². The zero-order valence-electron chi connectivity index (χ0n) is 15.7. The summed E-state index contributed by atoms with van der Waals surface area (Å²) in [6.45, 7) is 2.33. The highest BCUT2D eigenvalue weighted by atomic mass is 32.2. The van der Waals surface area contributed by atoms with Gasteiger partial charge in [-0.15, -0.1) is 10.2 Å². The van der Waals surface area contributed by atoms with Crippen LogP contribution in [-0.2, 0) is 16.6 Å². The van der Waals surface area contributed by atoms with E-state index in [1.54, 1.807) is 12.1 Å². The molecule has 0 spiro atoms. The molecule has 0 aliphatic carbocycles. The number of carbonyl (C=O) groups excluding carboxylic acids is 1. The van der Waals surface area contributed by atoms with Gasteiger partial charge in [0.15, 0.2) is 0 Å². The quantitative estimate of drug-likeness (QED) is 0.680. The molecule has 0 aliphatic heterocycles. The maximum atomic E-state index is 12.2. The molecule has 0 unspecified atom stereocenters. The molecule has 1 heterocycles. The minimum Gasteiger partial charge on any atom is -0.412 e. The van der Waals surface area contributed by atoms with Gasteiger partial charge in [-0.2, -0.15) is 0 Å². The van der Waals surface area contributed by atoms with Gasteiger partial charge >= 0.3 is 11.8 Å². The van der Waals surface area contributed by atoms with Crippen LogP contribution in [0.15, 0.2) is 57.8 Å². The Labute approximate surface area is 163 Å². The summed E-state index contributed by atoms with van der Waals surface area (Å²) in [6.07, 6.45) is 0. The van der Waals surface area contributed by atoms with E-state index in [1.807, 2.05) is 31.2 Å². The van der Waals surface area contributed by atoms with Crippen molar-refractivity contribution in [1.82, 2.24) is 19.8 Å². The lowest BCUT2D eigenvalue weighted by Gasteiger charge is -2.11. The van der Waals surface area contributed by atoms with Gasteiger partial charge in [-0.25, -0.2) is 12.7 Å². The van der Waals surface area contributed by atoms with Crippen LogP contribution in [0.1, 0.15) is 21.8 Å². The number of aromatic nitrogens is 2. The lowest BCUT2D eigenvalue weighted by molar-refractivity contribution is 0.0917. The fraction of sp³-hybridized carbons (Fsp3) is 0.211. The smallest absolute Gasteiger partial charge is 0.309 e. The first-order valence-electron chi connectivity index (χ1n) is 8.47. The number of carbonyl (C=O) groups is 1. The van der Waals surface area contributed by atoms with E-state index in [0.29, 0.717) is 12.1 Å². The summed E-state index contributed by atoms with van der Waals surface area (Å²) in [5.74, 6) is -0.507. The van der Waals surface area contributed by atoms with Crippen molar-refractivity contribution < 1.29 is 17.6 Å². The number of amides is 1. The van der Waals surface area contributed by atoms with Crippen LogP contribution in [0.2, 0.25) is 0 Å². The average molecular weight is 400 g/mol. The van der Waals surface area contributed by atoms with Crippen molar-refractivity contribution in [3.8, 4) is 11.5 Å². The number of sulfonamides is 1. The summed E-state index contributed by atoms with van der Waals surface area (Å²) in [7, 11) is -0.596. The van der Waals surface area contributed by atoms with Crippen LogP contribution < -0.4 is 5.32 Å². The first-order chi connectivity index (χ1) is 13.3. The van der Waals surface area contributed by atoms with E-state index < -0.39 is 15.9 Å². The fourth-order valence-corrected chi connectivity index (χ4v) is 3.28. The Morgan fingerprint density at radius 3 is 2.29 bits per heavy atom. The monoisotopic (exact) mass is 400 g/mol. The van der Waals surface area contributed by atoms with Crippen molar-refractivity contribution >= 4 is 15.9 Å². The summed E-state index contributed by atoms with van der Waals surface area (Å²) >= 11 is 0. The van der Waals surface area contributed by atoms with Gasteiger partial charge in [-0.1, -0.05) is 29.8 Å². The van der Waals surface area contributed by atoms with Gasteiger partial charge in [0.2, 0.25) is 15.9 Å². The van der Waals surface area contributed by atoms with Crippen molar-refractivity contribution in [3.63, 3.8) is 0 Å². The van der Waals surface area contributed by atoms with Crippen molar-refractivity contribution in [3.05, 3.63) is 65.5 Å². The lowest BCUT2D eigenvalue weighted by Crippen LogP contribution is -2.23. The second kappa shape index (κ2) is 7.91. The van der Waals surface area contributed by atoms with Gasteiger partial charge in [0.1, 0.15) is 0 Å². The Kier molecular flexibility index (Phi) is 5.57. The zero-order valence-corrected chi connectivity index (χ0v) is 16.5. The molecule has 0 aliphatic rings. The van der Waals surface area contributed by atoms with E-state index in [-0.39, 0.29) is 16.7 Å². The molecular weight excluding hydrogens is 380 g/mol. The minimum absolute atomic E-state index is 0.134. The van der Waals surface area contributed by atoms with Crippen LogP contribution in [-0.4, -0.2) is 42.9 Å². The molecule has 9 heteroatoms. The third-order valence-corrected chi connectivity index (χ3v) is 5.90. The second-order valence-corrected chi connectivity index (χ2v) is 8.54. The van der Waals surface area contributed by atoms with Crippen LogP contribution >= 0.6 is 0 Å². The highest BCUT2D eigenvalue weighted by Crippen LogP contribution is 2.21. The molecule has 2 aromatic carbocycles. The summed E-state index contributed by atoms with van der Waals surface area (Å²) in [4.78, 5) is 12.3. The molecule has 0 atom stereocenters. The van der Waals surface area contributed by atoms with Gasteiger partial charge in [0, 0.05) is 26.2 Å². The largest absolute Gasteiger partial charge is 0.412 e. The first-order valence-corrected chi connectivity index (χ1v) is 9.91. The number of nitrogens with one attached hydrogen (secondary N) is 1. The zero-order chi connectivity index (χ0) is 20.3. The molecule has 146 valence electrons. The molecular formula is C19H20N4O4S. The van der Waals surface area contributed by atoms with Crippen LogP contribution in [0.5, 0.6) is 0 Å². The van der Waals surface area contributed by atoms with E-state index in [1.165, 1.54) is 26.2 Å². The Balaban J connectivity index is 1.69. The third kappa shape index (κ3) is 4.26. The predicted molar refractivity (Wildman–Crippen MR) is 103 cm³/mol. The normalized spacial score (nSPS) is 11.6.